The molecule has 0 saturated carbocycles. The van der Waals surface area contributed by atoms with E-state index in [1.807, 2.05) is 38.2 Å². The summed E-state index contributed by atoms with van der Waals surface area (Å²) in [4.78, 5) is 0.159. The molecule has 7 heteroatoms. The van der Waals surface area contributed by atoms with Crippen molar-refractivity contribution in [1.82, 2.24) is 9.78 Å². The molecule has 0 spiro atoms. The Morgan fingerprint density at radius 3 is 2.38 bits per heavy atom. The number of halogens is 1. The molecule has 0 aliphatic heterocycles. The van der Waals surface area contributed by atoms with Crippen LogP contribution in [0.15, 0.2) is 59.6 Å². The Kier molecular flexibility index (Phi) is 4.34. The molecule has 0 amide bonds. The highest BCUT2D eigenvalue weighted by Gasteiger charge is 2.15. The van der Waals surface area contributed by atoms with E-state index >= 15 is 0 Å². The highest BCUT2D eigenvalue weighted by molar-refractivity contribution is 7.92. The SMILES string of the molecule is Cc1ccn(-c2ccc(C)c(NS(=O)(=O)c3ccc(Cl)cc3)c2)n1. The molecule has 2 aromatic carbocycles. The van der Waals surface area contributed by atoms with Gasteiger partial charge in [0, 0.05) is 11.2 Å². The Morgan fingerprint density at radius 2 is 1.75 bits per heavy atom. The molecule has 3 aromatic rings. The van der Waals surface area contributed by atoms with Gasteiger partial charge in [-0.25, -0.2) is 13.1 Å². The fourth-order valence-corrected chi connectivity index (χ4v) is 3.49. The number of hydrogen-bond acceptors (Lipinski definition) is 3. The van der Waals surface area contributed by atoms with Gasteiger partial charge < -0.3 is 0 Å². The second kappa shape index (κ2) is 6.30. The minimum atomic E-state index is -3.68. The van der Waals surface area contributed by atoms with Crippen LogP contribution in [0.25, 0.3) is 5.69 Å². The number of anilines is 1. The molecule has 5 nitrogen and oxygen atoms in total. The average Bonchev–Trinajstić information content (AvgIpc) is 2.96. The smallest absolute Gasteiger partial charge is 0.261 e. The first-order chi connectivity index (χ1) is 11.3. The molecular formula is C17H16ClN3O2S. The summed E-state index contributed by atoms with van der Waals surface area (Å²) in [6, 6.07) is 13.4. The topological polar surface area (TPSA) is 64.0 Å². The van der Waals surface area contributed by atoms with Gasteiger partial charge in [0.2, 0.25) is 0 Å². The van der Waals surface area contributed by atoms with Crippen molar-refractivity contribution in [3.63, 3.8) is 0 Å². The summed E-state index contributed by atoms with van der Waals surface area (Å²) in [5, 5.41) is 4.83. The fourth-order valence-electron chi connectivity index (χ4n) is 2.24. The molecule has 1 aromatic heterocycles. The van der Waals surface area contributed by atoms with Gasteiger partial charge in [-0.1, -0.05) is 17.7 Å². The maximum Gasteiger partial charge on any atom is 0.261 e. The van der Waals surface area contributed by atoms with E-state index in [0.29, 0.717) is 10.7 Å². The predicted octanol–water partition coefficient (Wildman–Crippen LogP) is 3.94. The second-order valence-corrected chi connectivity index (χ2v) is 7.58. The van der Waals surface area contributed by atoms with Gasteiger partial charge in [0.1, 0.15) is 0 Å². The lowest BCUT2D eigenvalue weighted by atomic mass is 10.2. The molecule has 0 atom stereocenters. The van der Waals surface area contributed by atoms with Crippen molar-refractivity contribution < 1.29 is 8.42 Å². The quantitative estimate of drug-likeness (QED) is 0.765. The molecule has 1 heterocycles. The Balaban J connectivity index is 1.96. The van der Waals surface area contributed by atoms with Crippen LogP contribution in [0.1, 0.15) is 11.3 Å². The first-order valence-corrected chi connectivity index (χ1v) is 9.13. The van der Waals surface area contributed by atoms with Crippen molar-refractivity contribution in [2.75, 3.05) is 4.72 Å². The highest BCUT2D eigenvalue weighted by atomic mass is 35.5. The molecule has 0 aliphatic carbocycles. The van der Waals surface area contributed by atoms with Crippen LogP contribution in [-0.4, -0.2) is 18.2 Å². The Morgan fingerprint density at radius 1 is 1.04 bits per heavy atom. The van der Waals surface area contributed by atoms with Crippen LogP contribution in [0.3, 0.4) is 0 Å². The normalized spacial score (nSPS) is 11.5. The largest absolute Gasteiger partial charge is 0.279 e. The van der Waals surface area contributed by atoms with Gasteiger partial charge in [0.05, 0.1) is 22.0 Å². The van der Waals surface area contributed by atoms with E-state index < -0.39 is 10.0 Å². The van der Waals surface area contributed by atoms with Crippen LogP contribution in [0.5, 0.6) is 0 Å². The first-order valence-electron chi connectivity index (χ1n) is 7.27. The summed E-state index contributed by atoms with van der Waals surface area (Å²) in [6.07, 6.45) is 1.83. The summed E-state index contributed by atoms with van der Waals surface area (Å²) in [7, 11) is -3.68. The van der Waals surface area contributed by atoms with Gasteiger partial charge in [-0.3, -0.25) is 4.72 Å². The van der Waals surface area contributed by atoms with Gasteiger partial charge in [-0.2, -0.15) is 5.10 Å². The van der Waals surface area contributed by atoms with Crippen LogP contribution in [-0.2, 0) is 10.0 Å². The Bertz CT molecular complexity index is 979. The van der Waals surface area contributed by atoms with Gasteiger partial charge in [0.15, 0.2) is 0 Å². The number of nitrogens with one attached hydrogen (secondary N) is 1. The van der Waals surface area contributed by atoms with Crippen LogP contribution < -0.4 is 4.72 Å². The zero-order chi connectivity index (χ0) is 17.3. The molecule has 0 fully saturated rings. The summed E-state index contributed by atoms with van der Waals surface area (Å²) < 4.78 is 29.4. The summed E-state index contributed by atoms with van der Waals surface area (Å²) in [5.41, 5.74) is 3.00. The maximum absolute atomic E-state index is 12.5. The molecule has 124 valence electrons. The Labute approximate surface area is 145 Å². The van der Waals surface area contributed by atoms with Crippen LogP contribution >= 0.6 is 11.6 Å². The number of hydrogen-bond donors (Lipinski definition) is 1. The lowest BCUT2D eigenvalue weighted by Crippen LogP contribution is -2.14. The van der Waals surface area contributed by atoms with Crippen molar-refractivity contribution in [2.45, 2.75) is 18.7 Å². The van der Waals surface area contributed by atoms with Crippen molar-refractivity contribution in [2.24, 2.45) is 0 Å². The van der Waals surface area contributed by atoms with Crippen molar-refractivity contribution >= 4 is 27.3 Å². The molecule has 24 heavy (non-hydrogen) atoms. The van der Waals surface area contributed by atoms with E-state index in [-0.39, 0.29) is 4.90 Å². The van der Waals surface area contributed by atoms with Gasteiger partial charge in [-0.05, 0) is 61.9 Å². The molecule has 3 rings (SSSR count). The summed E-state index contributed by atoms with van der Waals surface area (Å²) in [5.74, 6) is 0. The fraction of sp³-hybridized carbons (Fsp3) is 0.118. The van der Waals surface area contributed by atoms with E-state index in [4.69, 9.17) is 11.6 Å². The third-order valence-electron chi connectivity index (χ3n) is 3.58. The molecule has 0 aliphatic rings. The number of rotatable bonds is 4. The minimum absolute atomic E-state index is 0.159. The predicted molar refractivity (Wildman–Crippen MR) is 95.3 cm³/mol. The van der Waals surface area contributed by atoms with E-state index in [1.165, 1.54) is 12.1 Å². The van der Waals surface area contributed by atoms with Crippen LogP contribution in [0.4, 0.5) is 5.69 Å². The van der Waals surface area contributed by atoms with Crippen molar-refractivity contribution in [3.05, 3.63) is 71.0 Å². The van der Waals surface area contributed by atoms with Gasteiger partial charge in [0.25, 0.3) is 10.0 Å². The summed E-state index contributed by atoms with van der Waals surface area (Å²) >= 11 is 5.81. The van der Waals surface area contributed by atoms with E-state index in [9.17, 15) is 8.42 Å². The number of sulfonamides is 1. The monoisotopic (exact) mass is 361 g/mol. The number of aryl methyl sites for hydroxylation is 2. The standard InChI is InChI=1S/C17H16ClN3O2S/c1-12-3-6-15(21-10-9-13(2)19-21)11-17(12)20-24(22,23)16-7-4-14(18)5-8-16/h3-11,20H,1-2H3. The summed E-state index contributed by atoms with van der Waals surface area (Å²) in [6.45, 7) is 3.74. The van der Waals surface area contributed by atoms with E-state index in [0.717, 1.165) is 16.9 Å². The highest BCUT2D eigenvalue weighted by Crippen LogP contribution is 2.23. The van der Waals surface area contributed by atoms with Gasteiger partial charge >= 0.3 is 0 Å². The maximum atomic E-state index is 12.5. The van der Waals surface area contributed by atoms with Crippen LogP contribution in [0, 0.1) is 13.8 Å². The Hall–Kier alpha value is -2.31. The lowest BCUT2D eigenvalue weighted by Gasteiger charge is -2.12. The zero-order valence-corrected chi connectivity index (χ0v) is 14.8. The minimum Gasteiger partial charge on any atom is -0.279 e. The third-order valence-corrected chi connectivity index (χ3v) is 5.21. The van der Waals surface area contributed by atoms with Crippen molar-refractivity contribution in [1.29, 1.82) is 0 Å². The average molecular weight is 362 g/mol. The number of benzene rings is 2. The zero-order valence-electron chi connectivity index (χ0n) is 13.2. The number of aromatic nitrogens is 2. The molecule has 0 bridgehead atoms. The molecule has 0 unspecified atom stereocenters. The molecule has 1 N–H and O–H groups in total. The van der Waals surface area contributed by atoms with Gasteiger partial charge in [-0.15, -0.1) is 0 Å². The lowest BCUT2D eigenvalue weighted by molar-refractivity contribution is 0.601. The number of nitrogens with zero attached hydrogens (tertiary/aromatic N) is 2. The molecule has 0 saturated heterocycles. The van der Waals surface area contributed by atoms with E-state index in [2.05, 4.69) is 9.82 Å². The first kappa shape index (κ1) is 16.5. The van der Waals surface area contributed by atoms with Crippen LogP contribution in [0.2, 0.25) is 5.02 Å². The molecular weight excluding hydrogens is 346 g/mol. The third kappa shape index (κ3) is 3.44. The van der Waals surface area contributed by atoms with E-state index in [1.54, 1.807) is 22.9 Å². The van der Waals surface area contributed by atoms with Crippen molar-refractivity contribution in [3.8, 4) is 5.69 Å². The molecule has 0 radical (unpaired) electrons. The second-order valence-electron chi connectivity index (χ2n) is 5.46.